The van der Waals surface area contributed by atoms with E-state index in [1.807, 2.05) is 24.3 Å². The van der Waals surface area contributed by atoms with Crippen LogP contribution in [0.25, 0.3) is 21.9 Å². The Hall–Kier alpha value is -1.51. The molecule has 3 aromatic rings. The molecule has 0 spiro atoms. The second-order valence-electron chi connectivity index (χ2n) is 5.82. The van der Waals surface area contributed by atoms with E-state index in [1.54, 1.807) is 0 Å². The monoisotopic (exact) mass is 300 g/mol. The third-order valence-electron chi connectivity index (χ3n) is 4.31. The molecule has 0 bridgehead atoms. The molecule has 3 heteroatoms. The van der Waals surface area contributed by atoms with Crippen molar-refractivity contribution < 1.29 is 9.15 Å². The molecule has 0 aliphatic carbocycles. The minimum atomic E-state index is -0.104. The largest absolute Gasteiger partial charge is 0.456 e. The van der Waals surface area contributed by atoms with Crippen LogP contribution < -0.4 is 0 Å². The number of para-hydroxylation sites is 1. The molecule has 21 heavy (non-hydrogen) atoms. The second-order valence-corrected chi connectivity index (χ2v) is 6.29. The molecule has 2 aromatic carbocycles. The number of fused-ring (bicyclic) bond motifs is 3. The first kappa shape index (κ1) is 13.2. The standard InChI is InChI=1S/C18H17ClO2/c1-11-6-8-17(20-11)18(19)12-7-9-16-14(10-12)13-4-2-3-5-15(13)21-16/h2-5,7,9-11,17-18H,6,8H2,1H3. The van der Waals surface area contributed by atoms with Gasteiger partial charge in [-0.3, -0.25) is 0 Å². The van der Waals surface area contributed by atoms with E-state index in [-0.39, 0.29) is 11.5 Å². The third-order valence-corrected chi connectivity index (χ3v) is 4.84. The number of hydrogen-bond acceptors (Lipinski definition) is 2. The van der Waals surface area contributed by atoms with Crippen molar-refractivity contribution in [1.29, 1.82) is 0 Å². The number of benzene rings is 2. The molecular weight excluding hydrogens is 284 g/mol. The highest BCUT2D eigenvalue weighted by molar-refractivity contribution is 6.21. The fourth-order valence-electron chi connectivity index (χ4n) is 3.18. The van der Waals surface area contributed by atoms with Crippen LogP contribution in [0.5, 0.6) is 0 Å². The summed E-state index contributed by atoms with van der Waals surface area (Å²) >= 11 is 6.64. The van der Waals surface area contributed by atoms with Crippen molar-refractivity contribution in [3.63, 3.8) is 0 Å². The number of rotatable bonds is 2. The maximum absolute atomic E-state index is 6.64. The van der Waals surface area contributed by atoms with Crippen LogP contribution >= 0.6 is 11.6 Å². The van der Waals surface area contributed by atoms with E-state index in [1.165, 1.54) is 0 Å². The summed E-state index contributed by atoms with van der Waals surface area (Å²) < 4.78 is 11.8. The molecular formula is C18H17ClO2. The summed E-state index contributed by atoms with van der Waals surface area (Å²) in [6.45, 7) is 2.11. The molecule has 0 radical (unpaired) electrons. The zero-order chi connectivity index (χ0) is 14.4. The molecule has 4 rings (SSSR count). The van der Waals surface area contributed by atoms with Crippen LogP contribution in [-0.2, 0) is 4.74 Å². The highest BCUT2D eigenvalue weighted by Gasteiger charge is 2.29. The van der Waals surface area contributed by atoms with Crippen LogP contribution in [0, 0.1) is 0 Å². The second kappa shape index (κ2) is 5.04. The van der Waals surface area contributed by atoms with Gasteiger partial charge in [0.05, 0.1) is 17.6 Å². The van der Waals surface area contributed by atoms with Crippen LogP contribution in [0.2, 0.25) is 0 Å². The van der Waals surface area contributed by atoms with E-state index in [2.05, 4.69) is 25.1 Å². The Bertz CT molecular complexity index is 792. The summed E-state index contributed by atoms with van der Waals surface area (Å²) in [5.41, 5.74) is 2.93. The quantitative estimate of drug-likeness (QED) is 0.588. The molecule has 108 valence electrons. The van der Waals surface area contributed by atoms with E-state index in [0.717, 1.165) is 40.3 Å². The van der Waals surface area contributed by atoms with Gasteiger partial charge in [-0.25, -0.2) is 0 Å². The molecule has 1 fully saturated rings. The van der Waals surface area contributed by atoms with Crippen molar-refractivity contribution in [1.82, 2.24) is 0 Å². The van der Waals surface area contributed by atoms with Crippen molar-refractivity contribution in [3.8, 4) is 0 Å². The highest BCUT2D eigenvalue weighted by atomic mass is 35.5. The summed E-state index contributed by atoms with van der Waals surface area (Å²) in [4.78, 5) is 0. The lowest BCUT2D eigenvalue weighted by Crippen LogP contribution is -2.14. The summed E-state index contributed by atoms with van der Waals surface area (Å²) in [6.07, 6.45) is 2.54. The van der Waals surface area contributed by atoms with Gasteiger partial charge in [0.15, 0.2) is 0 Å². The molecule has 1 aliphatic heterocycles. The minimum absolute atomic E-state index is 0.104. The summed E-state index contributed by atoms with van der Waals surface area (Å²) in [6, 6.07) is 14.3. The zero-order valence-corrected chi connectivity index (χ0v) is 12.6. The molecule has 0 amide bonds. The Morgan fingerprint density at radius 3 is 2.67 bits per heavy atom. The van der Waals surface area contributed by atoms with Crippen molar-refractivity contribution >= 4 is 33.5 Å². The fraction of sp³-hybridized carbons (Fsp3) is 0.333. The van der Waals surface area contributed by atoms with Gasteiger partial charge in [0.1, 0.15) is 11.2 Å². The Labute approximate surface area is 128 Å². The lowest BCUT2D eigenvalue weighted by Gasteiger charge is -2.18. The van der Waals surface area contributed by atoms with E-state index in [0.29, 0.717) is 6.10 Å². The van der Waals surface area contributed by atoms with Gasteiger partial charge in [-0.15, -0.1) is 11.6 Å². The number of alkyl halides is 1. The highest BCUT2D eigenvalue weighted by Crippen LogP contribution is 2.37. The molecule has 1 aliphatic rings. The Kier molecular flexibility index (Phi) is 3.16. The van der Waals surface area contributed by atoms with Crippen molar-refractivity contribution in [2.45, 2.75) is 37.4 Å². The molecule has 1 saturated heterocycles. The van der Waals surface area contributed by atoms with Crippen LogP contribution in [0.1, 0.15) is 30.7 Å². The fourth-order valence-corrected chi connectivity index (χ4v) is 3.50. The first-order valence-corrected chi connectivity index (χ1v) is 7.87. The van der Waals surface area contributed by atoms with Gasteiger partial charge in [0, 0.05) is 10.8 Å². The van der Waals surface area contributed by atoms with Crippen molar-refractivity contribution in [3.05, 3.63) is 48.0 Å². The van der Waals surface area contributed by atoms with E-state index >= 15 is 0 Å². The average Bonchev–Trinajstić information content (AvgIpc) is 3.09. The molecule has 3 unspecified atom stereocenters. The van der Waals surface area contributed by atoms with Gasteiger partial charge < -0.3 is 9.15 Å². The lowest BCUT2D eigenvalue weighted by molar-refractivity contribution is 0.0533. The topological polar surface area (TPSA) is 22.4 Å². The van der Waals surface area contributed by atoms with Crippen LogP contribution in [-0.4, -0.2) is 12.2 Å². The number of hydrogen-bond donors (Lipinski definition) is 0. The maximum atomic E-state index is 6.64. The number of furan rings is 1. The Morgan fingerprint density at radius 2 is 1.86 bits per heavy atom. The van der Waals surface area contributed by atoms with Gasteiger partial charge >= 0.3 is 0 Å². The van der Waals surface area contributed by atoms with Crippen LogP contribution in [0.15, 0.2) is 46.9 Å². The van der Waals surface area contributed by atoms with Crippen molar-refractivity contribution in [2.24, 2.45) is 0 Å². The number of ether oxygens (including phenoxy) is 1. The van der Waals surface area contributed by atoms with Crippen LogP contribution in [0.4, 0.5) is 0 Å². The maximum Gasteiger partial charge on any atom is 0.135 e. The molecule has 1 aromatic heterocycles. The molecule has 0 saturated carbocycles. The summed E-state index contributed by atoms with van der Waals surface area (Å²) in [5.74, 6) is 0. The summed E-state index contributed by atoms with van der Waals surface area (Å²) in [7, 11) is 0. The van der Waals surface area contributed by atoms with E-state index < -0.39 is 0 Å². The predicted molar refractivity (Wildman–Crippen MR) is 85.9 cm³/mol. The normalized spacial score (nSPS) is 23.9. The molecule has 2 nitrogen and oxygen atoms in total. The third kappa shape index (κ3) is 2.23. The van der Waals surface area contributed by atoms with Gasteiger partial charge in [0.25, 0.3) is 0 Å². The lowest BCUT2D eigenvalue weighted by atomic mass is 10.0. The Balaban J connectivity index is 1.77. The molecule has 0 N–H and O–H groups in total. The minimum Gasteiger partial charge on any atom is -0.456 e. The Morgan fingerprint density at radius 1 is 1.05 bits per heavy atom. The predicted octanol–water partition coefficient (Wildman–Crippen LogP) is 5.43. The first-order valence-electron chi connectivity index (χ1n) is 7.43. The molecule has 2 heterocycles. The van der Waals surface area contributed by atoms with Gasteiger partial charge in [0.2, 0.25) is 0 Å². The number of halogens is 1. The van der Waals surface area contributed by atoms with Gasteiger partial charge in [-0.1, -0.05) is 24.3 Å². The average molecular weight is 301 g/mol. The zero-order valence-electron chi connectivity index (χ0n) is 11.9. The first-order chi connectivity index (χ1) is 10.2. The SMILES string of the molecule is CC1CCC(C(Cl)c2ccc3oc4ccccc4c3c2)O1. The van der Waals surface area contributed by atoms with Crippen LogP contribution in [0.3, 0.4) is 0 Å². The smallest absolute Gasteiger partial charge is 0.135 e. The van der Waals surface area contributed by atoms with Crippen molar-refractivity contribution in [2.75, 3.05) is 0 Å². The summed E-state index contributed by atoms with van der Waals surface area (Å²) in [5, 5.41) is 2.16. The van der Waals surface area contributed by atoms with Gasteiger partial charge in [-0.2, -0.15) is 0 Å². The van der Waals surface area contributed by atoms with Gasteiger partial charge in [-0.05, 0) is 43.5 Å². The van der Waals surface area contributed by atoms with E-state index in [9.17, 15) is 0 Å². The molecule has 3 atom stereocenters. The van der Waals surface area contributed by atoms with E-state index in [4.69, 9.17) is 20.8 Å².